The van der Waals surface area contributed by atoms with E-state index in [4.69, 9.17) is 9.15 Å². The van der Waals surface area contributed by atoms with Crippen LogP contribution in [0.5, 0.6) is 0 Å². The summed E-state index contributed by atoms with van der Waals surface area (Å²) in [7, 11) is 0. The number of carbonyl (C=O) groups is 2. The highest BCUT2D eigenvalue weighted by Crippen LogP contribution is 2.16. The number of hydrogen-bond donors (Lipinski definition) is 1. The molecule has 0 bridgehead atoms. The second-order valence-corrected chi connectivity index (χ2v) is 6.23. The van der Waals surface area contributed by atoms with Gasteiger partial charge in [-0.3, -0.25) is 4.79 Å². The molecule has 3 aromatic rings. The fourth-order valence-corrected chi connectivity index (χ4v) is 2.78. The van der Waals surface area contributed by atoms with Crippen LogP contribution in [0.2, 0.25) is 0 Å². The molecule has 1 heterocycles. The lowest BCUT2D eigenvalue weighted by Crippen LogP contribution is -2.27. The maximum Gasteiger partial charge on any atom is 0.338 e. The molecule has 2 aromatic carbocycles. The van der Waals surface area contributed by atoms with Crippen LogP contribution in [0.15, 0.2) is 53.3 Å². The summed E-state index contributed by atoms with van der Waals surface area (Å²) >= 11 is 0. The minimum Gasteiger partial charge on any atom is -0.461 e. The second kappa shape index (κ2) is 9.14. The molecule has 7 heteroatoms. The Hall–Kier alpha value is -3.19. The lowest BCUT2D eigenvalue weighted by Gasteiger charge is -2.17. The van der Waals surface area contributed by atoms with Gasteiger partial charge in [0.2, 0.25) is 0 Å². The van der Waals surface area contributed by atoms with Crippen LogP contribution in [0.4, 0.5) is 5.69 Å². The molecule has 0 radical (unpaired) electrons. The van der Waals surface area contributed by atoms with Crippen molar-refractivity contribution in [2.75, 3.05) is 31.6 Å². The third kappa shape index (κ3) is 4.75. The number of hydrogen-bond acceptors (Lipinski definition) is 6. The number of carbonyl (C=O) groups excluding carboxylic acids is 2. The normalized spacial score (nSPS) is 11.0. The van der Waals surface area contributed by atoms with Gasteiger partial charge in [0.05, 0.1) is 5.56 Å². The molecule has 0 spiro atoms. The summed E-state index contributed by atoms with van der Waals surface area (Å²) in [6, 6.07) is 11.7. The van der Waals surface area contributed by atoms with Crippen molar-refractivity contribution in [2.24, 2.45) is 0 Å². The predicted molar refractivity (Wildman–Crippen MR) is 106 cm³/mol. The fourth-order valence-electron chi connectivity index (χ4n) is 2.78. The molecule has 3 rings (SSSR count). The van der Waals surface area contributed by atoms with E-state index in [1.807, 2.05) is 0 Å². The number of ether oxygens (including phenoxy) is 1. The molecule has 0 fully saturated rings. The largest absolute Gasteiger partial charge is 0.461 e. The number of likely N-dealkylation sites (N-methyl/N-ethyl adjacent to an activating group) is 1. The Morgan fingerprint density at radius 3 is 2.50 bits per heavy atom. The van der Waals surface area contributed by atoms with Gasteiger partial charge in [-0.25, -0.2) is 9.78 Å². The van der Waals surface area contributed by atoms with Crippen molar-refractivity contribution in [3.63, 3.8) is 0 Å². The number of esters is 1. The summed E-state index contributed by atoms with van der Waals surface area (Å²) in [4.78, 5) is 30.7. The smallest absolute Gasteiger partial charge is 0.338 e. The number of rotatable bonds is 8. The third-order valence-electron chi connectivity index (χ3n) is 4.51. The maximum absolute atomic E-state index is 12.4. The fraction of sp³-hybridized carbons (Fsp3) is 0.286. The van der Waals surface area contributed by atoms with Crippen molar-refractivity contribution in [3.8, 4) is 0 Å². The van der Waals surface area contributed by atoms with Crippen LogP contribution in [-0.4, -0.2) is 48.0 Å². The van der Waals surface area contributed by atoms with E-state index in [0.717, 1.165) is 13.1 Å². The molecular weight excluding hydrogens is 358 g/mol. The summed E-state index contributed by atoms with van der Waals surface area (Å²) in [5, 5.41) is 2.80. The highest BCUT2D eigenvalue weighted by Gasteiger charge is 2.11. The van der Waals surface area contributed by atoms with Gasteiger partial charge in [-0.15, -0.1) is 0 Å². The average Bonchev–Trinajstić information content (AvgIpc) is 3.19. The SMILES string of the molecule is CCN(CC)CCOC(=O)c1ccc(NC(=O)c2ccc3ocnc3c2)cc1. The van der Waals surface area contributed by atoms with Crippen LogP contribution < -0.4 is 5.32 Å². The van der Waals surface area contributed by atoms with E-state index in [1.54, 1.807) is 42.5 Å². The molecule has 1 N–H and O–H groups in total. The number of amides is 1. The highest BCUT2D eigenvalue weighted by molar-refractivity contribution is 6.06. The number of nitrogens with zero attached hydrogens (tertiary/aromatic N) is 2. The van der Waals surface area contributed by atoms with Crippen LogP contribution in [0.3, 0.4) is 0 Å². The van der Waals surface area contributed by atoms with Crippen molar-refractivity contribution in [2.45, 2.75) is 13.8 Å². The van der Waals surface area contributed by atoms with Crippen LogP contribution >= 0.6 is 0 Å². The van der Waals surface area contributed by atoms with Crippen molar-refractivity contribution >= 4 is 28.7 Å². The van der Waals surface area contributed by atoms with Gasteiger partial charge in [0.25, 0.3) is 5.91 Å². The monoisotopic (exact) mass is 381 g/mol. The molecule has 0 atom stereocenters. The van der Waals surface area contributed by atoms with E-state index >= 15 is 0 Å². The summed E-state index contributed by atoms with van der Waals surface area (Å²) in [5.41, 5.74) is 2.75. The molecule has 0 aliphatic rings. The zero-order valence-electron chi connectivity index (χ0n) is 16.0. The van der Waals surface area contributed by atoms with Gasteiger partial charge in [0.15, 0.2) is 12.0 Å². The minimum absolute atomic E-state index is 0.264. The number of nitrogens with one attached hydrogen (secondary N) is 1. The van der Waals surface area contributed by atoms with E-state index in [-0.39, 0.29) is 11.9 Å². The van der Waals surface area contributed by atoms with Crippen molar-refractivity contribution in [3.05, 3.63) is 60.0 Å². The predicted octanol–water partition coefficient (Wildman–Crippen LogP) is 3.58. The molecule has 7 nitrogen and oxygen atoms in total. The number of aromatic nitrogens is 1. The third-order valence-corrected chi connectivity index (χ3v) is 4.51. The van der Waals surface area contributed by atoms with E-state index in [1.165, 1.54) is 6.39 Å². The topological polar surface area (TPSA) is 84.7 Å². The highest BCUT2D eigenvalue weighted by atomic mass is 16.5. The van der Waals surface area contributed by atoms with Crippen molar-refractivity contribution in [1.29, 1.82) is 0 Å². The lowest BCUT2D eigenvalue weighted by atomic mass is 10.1. The van der Waals surface area contributed by atoms with Crippen LogP contribution in [0, 0.1) is 0 Å². The van der Waals surface area contributed by atoms with E-state index in [2.05, 4.69) is 29.0 Å². The summed E-state index contributed by atoms with van der Waals surface area (Å²) in [5.74, 6) is -0.638. The molecule has 146 valence electrons. The maximum atomic E-state index is 12.4. The molecule has 0 saturated heterocycles. The average molecular weight is 381 g/mol. The van der Waals surface area contributed by atoms with Crippen LogP contribution in [0.25, 0.3) is 11.1 Å². The van der Waals surface area contributed by atoms with E-state index in [9.17, 15) is 9.59 Å². The van der Waals surface area contributed by atoms with Gasteiger partial charge < -0.3 is 19.4 Å². The second-order valence-electron chi connectivity index (χ2n) is 6.23. The Kier molecular flexibility index (Phi) is 6.39. The van der Waals surface area contributed by atoms with Gasteiger partial charge in [-0.05, 0) is 55.6 Å². The number of benzene rings is 2. The van der Waals surface area contributed by atoms with Gasteiger partial charge in [-0.2, -0.15) is 0 Å². The first kappa shape index (κ1) is 19.6. The Balaban J connectivity index is 1.56. The summed E-state index contributed by atoms with van der Waals surface area (Å²) in [6.45, 7) is 7.05. The number of fused-ring (bicyclic) bond motifs is 1. The Morgan fingerprint density at radius 2 is 1.79 bits per heavy atom. The first-order valence-corrected chi connectivity index (χ1v) is 9.24. The molecule has 0 aliphatic carbocycles. The standard InChI is InChI=1S/C21H23N3O4/c1-3-24(4-2)11-12-27-21(26)15-5-8-17(9-6-15)23-20(25)16-7-10-19-18(13-16)22-14-28-19/h5-10,13-14H,3-4,11-12H2,1-2H3,(H,23,25). The van der Waals surface area contributed by atoms with Gasteiger partial charge >= 0.3 is 5.97 Å². The first-order chi connectivity index (χ1) is 13.6. The van der Waals surface area contributed by atoms with Crippen LogP contribution in [-0.2, 0) is 4.74 Å². The molecule has 0 aliphatic heterocycles. The summed E-state index contributed by atoms with van der Waals surface area (Å²) in [6.07, 6.45) is 1.34. The Morgan fingerprint density at radius 1 is 1.07 bits per heavy atom. The number of oxazole rings is 1. The zero-order chi connectivity index (χ0) is 19.9. The lowest BCUT2D eigenvalue weighted by molar-refractivity contribution is 0.0466. The van der Waals surface area contributed by atoms with Crippen LogP contribution in [0.1, 0.15) is 34.6 Å². The molecular formula is C21H23N3O4. The minimum atomic E-state index is -0.374. The van der Waals surface area contributed by atoms with E-state index < -0.39 is 0 Å². The van der Waals surface area contributed by atoms with Gasteiger partial charge in [-0.1, -0.05) is 13.8 Å². The van der Waals surface area contributed by atoms with Crippen molar-refractivity contribution in [1.82, 2.24) is 9.88 Å². The van der Waals surface area contributed by atoms with Gasteiger partial charge in [0, 0.05) is 17.8 Å². The molecule has 28 heavy (non-hydrogen) atoms. The van der Waals surface area contributed by atoms with Gasteiger partial charge in [0.1, 0.15) is 12.1 Å². The molecule has 0 saturated carbocycles. The Bertz CT molecular complexity index is 946. The first-order valence-electron chi connectivity index (χ1n) is 9.24. The zero-order valence-corrected chi connectivity index (χ0v) is 16.0. The van der Waals surface area contributed by atoms with E-state index in [0.29, 0.717) is 41.1 Å². The summed E-state index contributed by atoms with van der Waals surface area (Å²) < 4.78 is 10.5. The van der Waals surface area contributed by atoms with Crippen molar-refractivity contribution < 1.29 is 18.7 Å². The quantitative estimate of drug-likeness (QED) is 0.601. The molecule has 1 aromatic heterocycles. The molecule has 0 unspecified atom stereocenters. The Labute approximate surface area is 163 Å². The molecule has 1 amide bonds. The number of anilines is 1.